The van der Waals surface area contributed by atoms with E-state index in [-0.39, 0.29) is 5.91 Å². The van der Waals surface area contributed by atoms with Crippen molar-refractivity contribution in [2.45, 2.75) is 6.92 Å². The average molecular weight is 415 g/mol. The van der Waals surface area contributed by atoms with Gasteiger partial charge in [0.1, 0.15) is 5.69 Å². The summed E-state index contributed by atoms with van der Waals surface area (Å²) >= 11 is 6.16. The fourth-order valence-electron chi connectivity index (χ4n) is 3.06. The van der Waals surface area contributed by atoms with Crippen LogP contribution in [0.3, 0.4) is 0 Å². The highest BCUT2D eigenvalue weighted by molar-refractivity contribution is 6.34. The molecule has 0 fully saturated rings. The molecule has 0 spiro atoms. The summed E-state index contributed by atoms with van der Waals surface area (Å²) in [6, 6.07) is 27.2. The van der Waals surface area contributed by atoms with Crippen molar-refractivity contribution in [3.8, 4) is 22.4 Å². The van der Waals surface area contributed by atoms with Crippen LogP contribution in [0.2, 0.25) is 5.02 Å². The monoisotopic (exact) mass is 414 g/mol. The number of halogens is 1. The summed E-state index contributed by atoms with van der Waals surface area (Å²) in [6.07, 6.45) is 0. The topological polar surface area (TPSA) is 70.1 Å². The minimum Gasteiger partial charge on any atom is -0.272 e. The minimum absolute atomic E-state index is 0.327. The summed E-state index contributed by atoms with van der Waals surface area (Å²) in [5.41, 5.74) is 8.13. The van der Waals surface area contributed by atoms with Crippen LogP contribution in [-0.2, 0) is 0 Å². The van der Waals surface area contributed by atoms with Crippen molar-refractivity contribution >= 4 is 23.2 Å². The van der Waals surface area contributed by atoms with E-state index in [1.165, 1.54) is 0 Å². The van der Waals surface area contributed by atoms with Crippen molar-refractivity contribution in [1.29, 1.82) is 0 Å². The molecule has 148 valence electrons. The molecule has 4 aromatic rings. The van der Waals surface area contributed by atoms with Crippen LogP contribution in [0, 0.1) is 0 Å². The van der Waals surface area contributed by atoms with E-state index < -0.39 is 0 Å². The lowest BCUT2D eigenvalue weighted by molar-refractivity contribution is 0.0950. The zero-order chi connectivity index (χ0) is 20.9. The minimum atomic E-state index is -0.374. The van der Waals surface area contributed by atoms with Gasteiger partial charge < -0.3 is 0 Å². The third kappa shape index (κ3) is 4.31. The first-order valence-corrected chi connectivity index (χ1v) is 9.80. The van der Waals surface area contributed by atoms with Gasteiger partial charge in [-0.05, 0) is 30.2 Å². The second-order valence-electron chi connectivity index (χ2n) is 6.73. The zero-order valence-corrected chi connectivity index (χ0v) is 17.0. The van der Waals surface area contributed by atoms with Gasteiger partial charge in [0.25, 0.3) is 5.91 Å². The third-order valence-corrected chi connectivity index (χ3v) is 5.03. The summed E-state index contributed by atoms with van der Waals surface area (Å²) in [6.45, 7) is 1.79. The molecule has 6 heteroatoms. The first-order chi connectivity index (χ1) is 14.6. The van der Waals surface area contributed by atoms with Gasteiger partial charge in [0.05, 0.1) is 11.4 Å². The Morgan fingerprint density at radius 3 is 2.27 bits per heavy atom. The number of carbonyl (C=O) groups is 1. The molecule has 0 atom stereocenters. The first kappa shape index (κ1) is 19.6. The molecule has 0 radical (unpaired) electrons. The molecule has 2 N–H and O–H groups in total. The average Bonchev–Trinajstić information content (AvgIpc) is 3.29. The van der Waals surface area contributed by atoms with Gasteiger partial charge in [0, 0.05) is 16.1 Å². The van der Waals surface area contributed by atoms with Gasteiger partial charge in [0.15, 0.2) is 0 Å². The van der Waals surface area contributed by atoms with E-state index in [0.29, 0.717) is 22.1 Å². The predicted octanol–water partition coefficient (Wildman–Crippen LogP) is 5.55. The van der Waals surface area contributed by atoms with Crippen LogP contribution >= 0.6 is 11.6 Å². The van der Waals surface area contributed by atoms with Gasteiger partial charge >= 0.3 is 0 Å². The molecule has 0 aliphatic carbocycles. The quantitative estimate of drug-likeness (QED) is 0.332. The highest BCUT2D eigenvalue weighted by Crippen LogP contribution is 2.24. The number of hydrazone groups is 1. The van der Waals surface area contributed by atoms with Crippen LogP contribution in [0.25, 0.3) is 22.4 Å². The largest absolute Gasteiger partial charge is 0.289 e. The number of H-pyrrole nitrogens is 1. The lowest BCUT2D eigenvalue weighted by Gasteiger charge is -2.03. The molecule has 1 aromatic heterocycles. The third-order valence-electron chi connectivity index (χ3n) is 4.70. The van der Waals surface area contributed by atoms with Crippen molar-refractivity contribution in [2.75, 3.05) is 0 Å². The Kier molecular flexibility index (Phi) is 5.72. The van der Waals surface area contributed by atoms with E-state index in [4.69, 9.17) is 11.6 Å². The summed E-state index contributed by atoms with van der Waals surface area (Å²) < 4.78 is 0. The molecule has 1 amide bonds. The van der Waals surface area contributed by atoms with E-state index in [9.17, 15) is 4.79 Å². The normalized spacial score (nSPS) is 11.3. The molecular formula is C24H19ClN4O. The Balaban J connectivity index is 1.46. The molecule has 0 saturated heterocycles. The number of aromatic amines is 1. The number of hydrogen-bond acceptors (Lipinski definition) is 3. The summed E-state index contributed by atoms with van der Waals surface area (Å²) in [7, 11) is 0. The molecule has 0 aliphatic heterocycles. The van der Waals surface area contributed by atoms with E-state index in [0.717, 1.165) is 22.3 Å². The maximum Gasteiger partial charge on any atom is 0.289 e. The van der Waals surface area contributed by atoms with Crippen molar-refractivity contribution < 1.29 is 4.79 Å². The SMILES string of the molecule is C/C(=N\NC(=O)c1cc(-c2ccc(-c3ccccc3)cc2)n[nH]1)c1ccccc1Cl. The number of carbonyl (C=O) groups excluding carboxylic acids is 1. The van der Waals surface area contributed by atoms with E-state index >= 15 is 0 Å². The number of rotatable bonds is 5. The molecule has 0 aliphatic rings. The molecule has 0 unspecified atom stereocenters. The summed E-state index contributed by atoms with van der Waals surface area (Å²) in [4.78, 5) is 12.4. The van der Waals surface area contributed by atoms with Gasteiger partial charge in [-0.2, -0.15) is 10.2 Å². The second kappa shape index (κ2) is 8.76. The Morgan fingerprint density at radius 1 is 0.900 bits per heavy atom. The summed E-state index contributed by atoms with van der Waals surface area (Å²) in [5.74, 6) is -0.374. The summed E-state index contributed by atoms with van der Waals surface area (Å²) in [5, 5.41) is 11.7. The van der Waals surface area contributed by atoms with Crippen LogP contribution < -0.4 is 5.43 Å². The maximum absolute atomic E-state index is 12.4. The molecule has 4 rings (SSSR count). The van der Waals surface area contributed by atoms with Crippen LogP contribution in [0.1, 0.15) is 23.0 Å². The van der Waals surface area contributed by atoms with E-state index in [1.54, 1.807) is 19.1 Å². The number of nitrogens with zero attached hydrogens (tertiary/aromatic N) is 2. The van der Waals surface area contributed by atoms with Crippen LogP contribution in [0.15, 0.2) is 90.0 Å². The molecule has 0 saturated carbocycles. The number of benzene rings is 3. The predicted molar refractivity (Wildman–Crippen MR) is 121 cm³/mol. The fraction of sp³-hybridized carbons (Fsp3) is 0.0417. The number of hydrogen-bond donors (Lipinski definition) is 2. The highest BCUT2D eigenvalue weighted by Gasteiger charge is 2.11. The molecular weight excluding hydrogens is 396 g/mol. The smallest absolute Gasteiger partial charge is 0.272 e. The molecule has 5 nitrogen and oxygen atoms in total. The van der Waals surface area contributed by atoms with Gasteiger partial charge in [-0.15, -0.1) is 0 Å². The Hall–Kier alpha value is -3.70. The molecule has 3 aromatic carbocycles. The number of aromatic nitrogens is 2. The Morgan fingerprint density at radius 2 is 1.53 bits per heavy atom. The van der Waals surface area contributed by atoms with Crippen LogP contribution in [0.4, 0.5) is 0 Å². The Labute approximate surface area is 179 Å². The second-order valence-corrected chi connectivity index (χ2v) is 7.14. The fourth-order valence-corrected chi connectivity index (χ4v) is 3.33. The van der Waals surface area contributed by atoms with Gasteiger partial charge in [-0.3, -0.25) is 9.89 Å². The maximum atomic E-state index is 12.4. The molecule has 30 heavy (non-hydrogen) atoms. The van der Waals surface area contributed by atoms with Gasteiger partial charge in [-0.1, -0.05) is 84.4 Å². The number of nitrogens with one attached hydrogen (secondary N) is 2. The van der Waals surface area contributed by atoms with E-state index in [2.05, 4.69) is 32.9 Å². The lowest BCUT2D eigenvalue weighted by Crippen LogP contribution is -2.19. The first-order valence-electron chi connectivity index (χ1n) is 9.42. The number of amides is 1. The van der Waals surface area contributed by atoms with Crippen molar-refractivity contribution in [3.05, 3.63) is 101 Å². The van der Waals surface area contributed by atoms with Gasteiger partial charge in [-0.25, -0.2) is 5.43 Å². The molecule has 1 heterocycles. The van der Waals surface area contributed by atoms with Crippen molar-refractivity contribution in [1.82, 2.24) is 15.6 Å². The van der Waals surface area contributed by atoms with Crippen molar-refractivity contribution in [2.24, 2.45) is 5.10 Å². The van der Waals surface area contributed by atoms with Gasteiger partial charge in [0.2, 0.25) is 0 Å². The van der Waals surface area contributed by atoms with Crippen LogP contribution in [0.5, 0.6) is 0 Å². The van der Waals surface area contributed by atoms with Crippen LogP contribution in [-0.4, -0.2) is 21.8 Å². The highest BCUT2D eigenvalue weighted by atomic mass is 35.5. The Bertz CT molecular complexity index is 1200. The lowest BCUT2D eigenvalue weighted by atomic mass is 10.0. The zero-order valence-electron chi connectivity index (χ0n) is 16.3. The molecule has 0 bridgehead atoms. The van der Waals surface area contributed by atoms with E-state index in [1.807, 2.05) is 60.7 Å². The van der Waals surface area contributed by atoms with Crippen molar-refractivity contribution in [3.63, 3.8) is 0 Å². The standard InChI is InChI=1S/C24H19ClN4O/c1-16(20-9-5-6-10-21(20)25)26-29-24(30)23-15-22(27-28-23)19-13-11-18(12-14-19)17-7-3-2-4-8-17/h2-15H,1H3,(H,27,28)(H,29,30)/b26-16+.